The molecule has 1 aromatic rings. The van der Waals surface area contributed by atoms with Crippen LogP contribution in [0.15, 0.2) is 18.2 Å². The molecular formula is C18H24N2O5. The van der Waals surface area contributed by atoms with Crippen LogP contribution in [0.5, 0.6) is 11.5 Å². The zero-order valence-corrected chi connectivity index (χ0v) is 14.6. The Labute approximate surface area is 147 Å². The highest BCUT2D eigenvalue weighted by Gasteiger charge is 2.30. The van der Waals surface area contributed by atoms with Crippen molar-refractivity contribution >= 4 is 11.8 Å². The van der Waals surface area contributed by atoms with E-state index in [1.807, 2.05) is 25.1 Å². The summed E-state index contributed by atoms with van der Waals surface area (Å²) in [5.41, 5.74) is 0.914. The molecule has 0 radical (unpaired) electrons. The summed E-state index contributed by atoms with van der Waals surface area (Å²) in [5.74, 6) is 1.07. The molecule has 0 aromatic heterocycles. The minimum absolute atomic E-state index is 0.0567. The molecule has 2 heterocycles. The number of fused-ring (bicyclic) bond motifs is 1. The predicted molar refractivity (Wildman–Crippen MR) is 90.5 cm³/mol. The number of amides is 2. The maximum absolute atomic E-state index is 12.9. The Bertz CT molecular complexity index is 648. The van der Waals surface area contributed by atoms with Gasteiger partial charge in [0.1, 0.15) is 6.04 Å². The molecule has 25 heavy (non-hydrogen) atoms. The number of ether oxygens (including phenoxy) is 3. The molecule has 1 saturated heterocycles. The highest BCUT2D eigenvalue weighted by Crippen LogP contribution is 2.32. The SMILES string of the molecule is CC[C@@H]1CN(C(=O)[C@@H](Cc2ccc3c(c2)OCO3)NC(C)=O)CCO1. The van der Waals surface area contributed by atoms with Crippen molar-refractivity contribution in [2.75, 3.05) is 26.5 Å². The zero-order valence-electron chi connectivity index (χ0n) is 14.6. The monoisotopic (exact) mass is 348 g/mol. The first-order valence-electron chi connectivity index (χ1n) is 8.63. The van der Waals surface area contributed by atoms with Crippen LogP contribution < -0.4 is 14.8 Å². The van der Waals surface area contributed by atoms with E-state index in [2.05, 4.69) is 5.32 Å². The van der Waals surface area contributed by atoms with Crippen LogP contribution in [0.25, 0.3) is 0 Å². The summed E-state index contributed by atoms with van der Waals surface area (Å²) < 4.78 is 16.3. The Morgan fingerprint density at radius 1 is 1.32 bits per heavy atom. The lowest BCUT2D eigenvalue weighted by Crippen LogP contribution is -2.54. The number of carbonyl (C=O) groups is 2. The number of hydrogen-bond donors (Lipinski definition) is 1. The standard InChI is InChI=1S/C18H24N2O5/c1-3-14-10-20(6-7-23-14)18(22)15(19-12(2)21)8-13-4-5-16-17(9-13)25-11-24-16/h4-5,9,14-15H,3,6-8,10-11H2,1-2H3,(H,19,21)/t14-,15-/m1/s1. The normalized spacial score (nSPS) is 20.2. The lowest BCUT2D eigenvalue weighted by molar-refractivity contribution is -0.142. The smallest absolute Gasteiger partial charge is 0.245 e. The lowest BCUT2D eigenvalue weighted by atomic mass is 10.0. The van der Waals surface area contributed by atoms with E-state index in [0.29, 0.717) is 37.6 Å². The molecule has 2 atom stereocenters. The average molecular weight is 348 g/mol. The summed E-state index contributed by atoms with van der Waals surface area (Å²) in [4.78, 5) is 26.3. The predicted octanol–water partition coefficient (Wildman–Crippen LogP) is 1.10. The van der Waals surface area contributed by atoms with Crippen molar-refractivity contribution in [3.05, 3.63) is 23.8 Å². The first-order chi connectivity index (χ1) is 12.1. The third-order valence-corrected chi connectivity index (χ3v) is 4.46. The van der Waals surface area contributed by atoms with Gasteiger partial charge in [-0.1, -0.05) is 13.0 Å². The minimum Gasteiger partial charge on any atom is -0.454 e. The Balaban J connectivity index is 1.72. The molecule has 0 saturated carbocycles. The molecule has 7 heteroatoms. The van der Waals surface area contributed by atoms with Gasteiger partial charge in [-0.25, -0.2) is 0 Å². The molecule has 1 fully saturated rings. The summed E-state index contributed by atoms with van der Waals surface area (Å²) in [6.45, 7) is 5.31. The molecule has 7 nitrogen and oxygen atoms in total. The fourth-order valence-corrected chi connectivity index (χ4v) is 3.14. The van der Waals surface area contributed by atoms with Gasteiger partial charge in [-0.05, 0) is 24.1 Å². The highest BCUT2D eigenvalue weighted by atomic mass is 16.7. The lowest BCUT2D eigenvalue weighted by Gasteiger charge is -2.35. The van der Waals surface area contributed by atoms with E-state index >= 15 is 0 Å². The van der Waals surface area contributed by atoms with Gasteiger partial charge < -0.3 is 24.4 Å². The van der Waals surface area contributed by atoms with Crippen LogP contribution in [0.4, 0.5) is 0 Å². The van der Waals surface area contributed by atoms with Crippen molar-refractivity contribution in [1.29, 1.82) is 0 Å². The van der Waals surface area contributed by atoms with Gasteiger partial charge in [0.2, 0.25) is 18.6 Å². The van der Waals surface area contributed by atoms with E-state index in [1.165, 1.54) is 6.92 Å². The first kappa shape index (κ1) is 17.5. The van der Waals surface area contributed by atoms with E-state index in [-0.39, 0.29) is 24.7 Å². The van der Waals surface area contributed by atoms with Crippen LogP contribution in [0.3, 0.4) is 0 Å². The fourth-order valence-electron chi connectivity index (χ4n) is 3.14. The largest absolute Gasteiger partial charge is 0.454 e. The van der Waals surface area contributed by atoms with E-state index in [9.17, 15) is 9.59 Å². The molecule has 0 spiro atoms. The Morgan fingerprint density at radius 3 is 2.88 bits per heavy atom. The molecule has 2 amide bonds. The Kier molecular flexibility index (Phi) is 5.43. The van der Waals surface area contributed by atoms with E-state index < -0.39 is 6.04 Å². The molecule has 1 aromatic carbocycles. The second-order valence-corrected chi connectivity index (χ2v) is 6.33. The highest BCUT2D eigenvalue weighted by molar-refractivity contribution is 5.87. The molecular weight excluding hydrogens is 324 g/mol. The number of nitrogens with zero attached hydrogens (tertiary/aromatic N) is 1. The minimum atomic E-state index is -0.603. The van der Waals surface area contributed by atoms with Gasteiger partial charge in [0, 0.05) is 26.4 Å². The number of hydrogen-bond acceptors (Lipinski definition) is 5. The zero-order chi connectivity index (χ0) is 17.8. The average Bonchev–Trinajstić information content (AvgIpc) is 3.08. The summed E-state index contributed by atoms with van der Waals surface area (Å²) in [5, 5.41) is 2.78. The van der Waals surface area contributed by atoms with Crippen molar-refractivity contribution in [3.63, 3.8) is 0 Å². The molecule has 0 bridgehead atoms. The van der Waals surface area contributed by atoms with Crippen LogP contribution in [0.1, 0.15) is 25.8 Å². The van der Waals surface area contributed by atoms with Gasteiger partial charge in [0.05, 0.1) is 12.7 Å². The van der Waals surface area contributed by atoms with Crippen LogP contribution in [0, 0.1) is 0 Å². The van der Waals surface area contributed by atoms with Crippen molar-refractivity contribution in [3.8, 4) is 11.5 Å². The topological polar surface area (TPSA) is 77.1 Å². The first-order valence-corrected chi connectivity index (χ1v) is 8.63. The number of benzene rings is 1. The maximum atomic E-state index is 12.9. The third kappa shape index (κ3) is 4.22. The van der Waals surface area contributed by atoms with Gasteiger partial charge in [0.25, 0.3) is 0 Å². The molecule has 136 valence electrons. The van der Waals surface area contributed by atoms with Crippen molar-refractivity contribution < 1.29 is 23.8 Å². The number of carbonyl (C=O) groups excluding carboxylic acids is 2. The van der Waals surface area contributed by atoms with Crippen LogP contribution >= 0.6 is 0 Å². The molecule has 1 N–H and O–H groups in total. The van der Waals surface area contributed by atoms with Gasteiger partial charge in [0.15, 0.2) is 11.5 Å². The second kappa shape index (κ2) is 7.74. The van der Waals surface area contributed by atoms with Gasteiger partial charge >= 0.3 is 0 Å². The summed E-state index contributed by atoms with van der Waals surface area (Å²) in [6.07, 6.45) is 1.32. The summed E-state index contributed by atoms with van der Waals surface area (Å²) in [6, 6.07) is 4.98. The van der Waals surface area contributed by atoms with Gasteiger partial charge in [-0.15, -0.1) is 0 Å². The molecule has 0 aliphatic carbocycles. The van der Waals surface area contributed by atoms with Crippen LogP contribution in [-0.2, 0) is 20.7 Å². The third-order valence-electron chi connectivity index (χ3n) is 4.46. The van der Waals surface area contributed by atoms with Crippen molar-refractivity contribution in [2.45, 2.75) is 38.8 Å². The Morgan fingerprint density at radius 2 is 2.12 bits per heavy atom. The summed E-state index contributed by atoms with van der Waals surface area (Å²) in [7, 11) is 0. The summed E-state index contributed by atoms with van der Waals surface area (Å²) >= 11 is 0. The van der Waals surface area contributed by atoms with Crippen LogP contribution in [0.2, 0.25) is 0 Å². The van der Waals surface area contributed by atoms with E-state index in [4.69, 9.17) is 14.2 Å². The molecule has 0 unspecified atom stereocenters. The fraction of sp³-hybridized carbons (Fsp3) is 0.556. The van der Waals surface area contributed by atoms with E-state index in [0.717, 1.165) is 12.0 Å². The van der Waals surface area contributed by atoms with Gasteiger partial charge in [-0.2, -0.15) is 0 Å². The van der Waals surface area contributed by atoms with E-state index in [1.54, 1.807) is 4.90 Å². The Hall–Kier alpha value is -2.28. The molecule has 3 rings (SSSR count). The number of nitrogens with one attached hydrogen (secondary N) is 1. The van der Waals surface area contributed by atoms with Crippen LogP contribution in [-0.4, -0.2) is 55.3 Å². The quantitative estimate of drug-likeness (QED) is 0.862. The molecule has 2 aliphatic heterocycles. The number of rotatable bonds is 5. The second-order valence-electron chi connectivity index (χ2n) is 6.33. The molecule has 2 aliphatic rings. The van der Waals surface area contributed by atoms with Gasteiger partial charge in [-0.3, -0.25) is 9.59 Å². The maximum Gasteiger partial charge on any atom is 0.245 e. The van der Waals surface area contributed by atoms with Crippen molar-refractivity contribution in [2.24, 2.45) is 0 Å². The van der Waals surface area contributed by atoms with Crippen molar-refractivity contribution in [1.82, 2.24) is 10.2 Å². The number of morpholine rings is 1.